The Balaban J connectivity index is 2.07. The van der Waals surface area contributed by atoms with Gasteiger partial charge in [-0.15, -0.1) is 0 Å². The second-order valence-electron chi connectivity index (χ2n) is 4.87. The summed E-state index contributed by atoms with van der Waals surface area (Å²) < 4.78 is 0. The Morgan fingerprint density at radius 3 is 2.71 bits per heavy atom. The van der Waals surface area contributed by atoms with Crippen LogP contribution in [0.15, 0.2) is 35.0 Å². The van der Waals surface area contributed by atoms with E-state index in [2.05, 4.69) is 21.7 Å². The maximum Gasteiger partial charge on any atom is 0.252 e. The minimum atomic E-state index is -0.218. The monoisotopic (exact) mass is 342 g/mol. The summed E-state index contributed by atoms with van der Waals surface area (Å²) >= 11 is 13.6. The van der Waals surface area contributed by atoms with Crippen molar-refractivity contribution >= 4 is 40.4 Å². The molecule has 0 fully saturated rings. The minimum Gasteiger partial charge on any atom is -0.350 e. The Bertz CT molecular complexity index is 614. The zero-order valence-electron chi connectivity index (χ0n) is 11.8. The largest absolute Gasteiger partial charge is 0.350 e. The van der Waals surface area contributed by atoms with E-state index in [0.29, 0.717) is 22.2 Å². The highest BCUT2D eigenvalue weighted by molar-refractivity contribution is 7.07. The van der Waals surface area contributed by atoms with Gasteiger partial charge < -0.3 is 10.2 Å². The molecule has 0 saturated heterocycles. The highest BCUT2D eigenvalue weighted by Gasteiger charge is 2.17. The first-order valence-corrected chi connectivity index (χ1v) is 8.10. The summed E-state index contributed by atoms with van der Waals surface area (Å²) in [6, 6.07) is 7.05. The van der Waals surface area contributed by atoms with E-state index in [0.717, 1.165) is 0 Å². The van der Waals surface area contributed by atoms with Crippen LogP contribution in [0.25, 0.3) is 0 Å². The summed E-state index contributed by atoms with van der Waals surface area (Å²) in [5.41, 5.74) is 1.58. The van der Waals surface area contributed by atoms with Crippen LogP contribution in [0, 0.1) is 0 Å². The van der Waals surface area contributed by atoms with Gasteiger partial charge in [0.2, 0.25) is 0 Å². The summed E-state index contributed by atoms with van der Waals surface area (Å²) in [5, 5.41) is 7.92. The van der Waals surface area contributed by atoms with Crippen LogP contribution in [0.1, 0.15) is 22.0 Å². The molecule has 1 amide bonds. The van der Waals surface area contributed by atoms with Crippen molar-refractivity contribution in [1.29, 1.82) is 0 Å². The Morgan fingerprint density at radius 2 is 2.10 bits per heavy atom. The quantitative estimate of drug-likeness (QED) is 0.887. The topological polar surface area (TPSA) is 32.3 Å². The molecule has 1 aromatic heterocycles. The molecule has 112 valence electrons. The average molecular weight is 343 g/mol. The second-order valence-corrected chi connectivity index (χ2v) is 6.49. The zero-order valence-corrected chi connectivity index (χ0v) is 14.1. The molecule has 1 N–H and O–H groups in total. The highest BCUT2D eigenvalue weighted by atomic mass is 35.5. The lowest BCUT2D eigenvalue weighted by Crippen LogP contribution is -2.34. The highest BCUT2D eigenvalue weighted by Crippen LogP contribution is 2.22. The van der Waals surface area contributed by atoms with Crippen molar-refractivity contribution in [3.8, 4) is 0 Å². The fourth-order valence-electron chi connectivity index (χ4n) is 2.02. The van der Waals surface area contributed by atoms with Gasteiger partial charge in [-0.05, 0) is 54.7 Å². The number of carbonyl (C=O) groups excluding carboxylic acids is 1. The number of likely N-dealkylation sites (N-methyl/N-ethyl adjacent to an activating group) is 1. The van der Waals surface area contributed by atoms with Crippen LogP contribution in [-0.2, 0) is 0 Å². The van der Waals surface area contributed by atoms with Crippen LogP contribution in [0.5, 0.6) is 0 Å². The van der Waals surface area contributed by atoms with E-state index in [-0.39, 0.29) is 11.9 Å². The summed E-state index contributed by atoms with van der Waals surface area (Å²) in [4.78, 5) is 14.3. The molecule has 21 heavy (non-hydrogen) atoms. The number of nitrogens with zero attached hydrogens (tertiary/aromatic N) is 1. The third-order valence-corrected chi connectivity index (χ3v) is 4.45. The molecule has 0 bridgehead atoms. The number of hydrogen-bond donors (Lipinski definition) is 1. The number of rotatable bonds is 5. The molecule has 0 aliphatic carbocycles. The van der Waals surface area contributed by atoms with E-state index in [1.54, 1.807) is 29.5 Å². The van der Waals surface area contributed by atoms with Crippen molar-refractivity contribution < 1.29 is 4.79 Å². The number of halogens is 2. The minimum absolute atomic E-state index is 0.123. The third-order valence-electron chi connectivity index (χ3n) is 3.18. The molecule has 0 spiro atoms. The summed E-state index contributed by atoms with van der Waals surface area (Å²) in [6.07, 6.45) is 0. The van der Waals surface area contributed by atoms with Crippen molar-refractivity contribution in [3.05, 3.63) is 56.2 Å². The summed E-state index contributed by atoms with van der Waals surface area (Å²) in [6.45, 7) is 0.505. The predicted octanol–water partition coefficient (Wildman–Crippen LogP) is 4.09. The maximum absolute atomic E-state index is 12.2. The van der Waals surface area contributed by atoms with Crippen LogP contribution in [0.2, 0.25) is 10.0 Å². The van der Waals surface area contributed by atoms with E-state index >= 15 is 0 Å². The van der Waals surface area contributed by atoms with Gasteiger partial charge in [-0.3, -0.25) is 4.79 Å². The van der Waals surface area contributed by atoms with E-state index in [9.17, 15) is 4.79 Å². The number of hydrogen-bond acceptors (Lipinski definition) is 3. The van der Waals surface area contributed by atoms with Crippen LogP contribution >= 0.6 is 34.5 Å². The Kier molecular flexibility index (Phi) is 5.65. The van der Waals surface area contributed by atoms with E-state index < -0.39 is 0 Å². The SMILES string of the molecule is CN(C)C(CNC(=O)c1cc(Cl)ccc1Cl)c1ccsc1. The van der Waals surface area contributed by atoms with Crippen molar-refractivity contribution in [3.63, 3.8) is 0 Å². The first-order chi connectivity index (χ1) is 9.99. The molecule has 0 aliphatic heterocycles. The number of thiophene rings is 1. The Labute approximate surface area is 138 Å². The fourth-order valence-corrected chi connectivity index (χ4v) is 3.10. The predicted molar refractivity (Wildman–Crippen MR) is 89.5 cm³/mol. The van der Waals surface area contributed by atoms with E-state index in [1.165, 1.54) is 5.56 Å². The van der Waals surface area contributed by atoms with Crippen molar-refractivity contribution in [2.75, 3.05) is 20.6 Å². The fraction of sp³-hybridized carbons (Fsp3) is 0.267. The lowest BCUT2D eigenvalue weighted by Gasteiger charge is -2.24. The van der Waals surface area contributed by atoms with Gasteiger partial charge in [-0.25, -0.2) is 0 Å². The van der Waals surface area contributed by atoms with Gasteiger partial charge in [0.1, 0.15) is 0 Å². The number of benzene rings is 1. The van der Waals surface area contributed by atoms with Crippen LogP contribution in [-0.4, -0.2) is 31.4 Å². The van der Waals surface area contributed by atoms with Crippen molar-refractivity contribution in [2.45, 2.75) is 6.04 Å². The lowest BCUT2D eigenvalue weighted by atomic mass is 10.1. The molecule has 0 radical (unpaired) electrons. The van der Waals surface area contributed by atoms with Crippen LogP contribution < -0.4 is 5.32 Å². The second kappa shape index (κ2) is 7.27. The standard InChI is InChI=1S/C15H16Cl2N2OS/c1-19(2)14(10-5-6-21-9-10)8-18-15(20)12-7-11(16)3-4-13(12)17/h3-7,9,14H,8H2,1-2H3,(H,18,20). The molecule has 1 unspecified atom stereocenters. The Morgan fingerprint density at radius 1 is 1.33 bits per heavy atom. The molecule has 0 aliphatic rings. The first-order valence-electron chi connectivity index (χ1n) is 6.41. The summed E-state index contributed by atoms with van der Waals surface area (Å²) in [5.74, 6) is -0.218. The molecule has 2 rings (SSSR count). The molecule has 1 atom stereocenters. The van der Waals surface area contributed by atoms with Gasteiger partial charge in [-0.1, -0.05) is 23.2 Å². The average Bonchev–Trinajstić information content (AvgIpc) is 2.95. The summed E-state index contributed by atoms with van der Waals surface area (Å²) in [7, 11) is 3.97. The molecule has 2 aromatic rings. The molecule has 6 heteroatoms. The van der Waals surface area contributed by atoms with Crippen molar-refractivity contribution in [2.24, 2.45) is 0 Å². The molecule has 3 nitrogen and oxygen atoms in total. The maximum atomic E-state index is 12.2. The van der Waals surface area contributed by atoms with Gasteiger partial charge in [0, 0.05) is 11.6 Å². The molecular weight excluding hydrogens is 327 g/mol. The van der Waals surface area contributed by atoms with Crippen LogP contribution in [0.4, 0.5) is 0 Å². The van der Waals surface area contributed by atoms with Gasteiger partial charge in [0.05, 0.1) is 16.6 Å². The van der Waals surface area contributed by atoms with Gasteiger partial charge in [0.25, 0.3) is 5.91 Å². The molecule has 0 saturated carbocycles. The van der Waals surface area contributed by atoms with Gasteiger partial charge in [0.15, 0.2) is 0 Å². The van der Waals surface area contributed by atoms with Gasteiger partial charge >= 0.3 is 0 Å². The number of carbonyl (C=O) groups is 1. The number of nitrogens with one attached hydrogen (secondary N) is 1. The normalized spacial score (nSPS) is 12.4. The Hall–Kier alpha value is -1.07. The molecular formula is C15H16Cl2N2OS. The number of amides is 1. The van der Waals surface area contributed by atoms with Crippen LogP contribution in [0.3, 0.4) is 0 Å². The molecule has 1 heterocycles. The smallest absolute Gasteiger partial charge is 0.252 e. The van der Waals surface area contributed by atoms with Gasteiger partial charge in [-0.2, -0.15) is 11.3 Å². The van der Waals surface area contributed by atoms with Crippen molar-refractivity contribution in [1.82, 2.24) is 10.2 Å². The lowest BCUT2D eigenvalue weighted by molar-refractivity contribution is 0.0942. The third kappa shape index (κ3) is 4.20. The van der Waals surface area contributed by atoms with E-state index in [4.69, 9.17) is 23.2 Å². The molecule has 1 aromatic carbocycles. The zero-order chi connectivity index (χ0) is 15.4. The first kappa shape index (κ1) is 16.3. The van der Waals surface area contributed by atoms with E-state index in [1.807, 2.05) is 19.5 Å².